The van der Waals surface area contributed by atoms with Crippen LogP contribution >= 0.6 is 11.3 Å². The number of aromatic carboxylic acids is 1. The van der Waals surface area contributed by atoms with Crippen LogP contribution in [-0.4, -0.2) is 27.2 Å². The summed E-state index contributed by atoms with van der Waals surface area (Å²) < 4.78 is 30.1. The van der Waals surface area contributed by atoms with Crippen LogP contribution in [0, 0.1) is 11.6 Å². The lowest BCUT2D eigenvalue weighted by Crippen LogP contribution is -2.30. The summed E-state index contributed by atoms with van der Waals surface area (Å²) in [6.45, 7) is 0.924. The van der Waals surface area contributed by atoms with Crippen molar-refractivity contribution in [3.05, 3.63) is 80.6 Å². The first-order chi connectivity index (χ1) is 15.3. The zero-order valence-corrected chi connectivity index (χ0v) is 17.3. The Bertz CT molecular complexity index is 1450. The molecule has 7 nitrogen and oxygen atoms in total. The molecule has 0 amide bonds. The number of carboxylic acids is 1. The number of nitrogen functional groups attached to an aromatic ring is 1. The average molecular weight is 454 g/mol. The number of anilines is 2. The minimum absolute atomic E-state index is 0.0739. The molecule has 0 saturated carbocycles. The number of halogens is 2. The second-order valence-corrected chi connectivity index (χ2v) is 8.55. The molecular weight excluding hydrogens is 438 g/mol. The van der Waals surface area contributed by atoms with Gasteiger partial charge in [0.15, 0.2) is 5.13 Å². The van der Waals surface area contributed by atoms with Crippen LogP contribution in [0.15, 0.2) is 47.4 Å². The van der Waals surface area contributed by atoms with Crippen molar-refractivity contribution in [3.63, 3.8) is 0 Å². The van der Waals surface area contributed by atoms with Gasteiger partial charge in [-0.05, 0) is 36.4 Å². The van der Waals surface area contributed by atoms with Gasteiger partial charge in [-0.15, -0.1) is 11.3 Å². The van der Waals surface area contributed by atoms with Crippen molar-refractivity contribution in [1.29, 1.82) is 0 Å². The van der Waals surface area contributed by atoms with E-state index in [9.17, 15) is 19.1 Å². The molecule has 162 valence electrons. The van der Waals surface area contributed by atoms with Gasteiger partial charge in [-0.1, -0.05) is 0 Å². The van der Waals surface area contributed by atoms with E-state index < -0.39 is 28.6 Å². The number of pyridine rings is 1. The quantitative estimate of drug-likeness (QED) is 0.491. The number of hydrogen-bond donors (Lipinski definition) is 2. The Morgan fingerprint density at radius 1 is 1.19 bits per heavy atom. The number of benzene rings is 2. The molecule has 2 aromatic heterocycles. The molecule has 0 radical (unpaired) electrons. The summed E-state index contributed by atoms with van der Waals surface area (Å²) in [4.78, 5) is 31.5. The van der Waals surface area contributed by atoms with Gasteiger partial charge in [0.1, 0.15) is 17.2 Å². The van der Waals surface area contributed by atoms with Gasteiger partial charge < -0.3 is 20.3 Å². The Kier molecular flexibility index (Phi) is 4.66. The van der Waals surface area contributed by atoms with E-state index in [-0.39, 0.29) is 11.1 Å². The van der Waals surface area contributed by atoms with Crippen molar-refractivity contribution in [2.75, 3.05) is 17.2 Å². The second kappa shape index (κ2) is 7.41. The second-order valence-electron chi connectivity index (χ2n) is 7.44. The monoisotopic (exact) mass is 454 g/mol. The lowest BCUT2D eigenvalue weighted by molar-refractivity contribution is 0.0695. The largest absolute Gasteiger partial charge is 0.477 e. The van der Waals surface area contributed by atoms with Crippen LogP contribution in [0.25, 0.3) is 16.6 Å². The van der Waals surface area contributed by atoms with Crippen LogP contribution in [0.3, 0.4) is 0 Å². The van der Waals surface area contributed by atoms with Crippen molar-refractivity contribution in [3.8, 4) is 5.69 Å². The number of nitrogens with two attached hydrogens (primary N) is 1. The first-order valence-corrected chi connectivity index (χ1v) is 10.5. The van der Waals surface area contributed by atoms with Crippen molar-refractivity contribution < 1.29 is 18.7 Å². The molecule has 0 aliphatic carbocycles. The van der Waals surface area contributed by atoms with Crippen LogP contribution in [0.4, 0.5) is 19.6 Å². The van der Waals surface area contributed by atoms with E-state index in [1.54, 1.807) is 0 Å². The third kappa shape index (κ3) is 3.28. The first-order valence-electron chi connectivity index (χ1n) is 9.69. The third-order valence-electron chi connectivity index (χ3n) is 5.50. The van der Waals surface area contributed by atoms with Crippen LogP contribution in [-0.2, 0) is 13.0 Å². The fraction of sp³-hybridized carbons (Fsp3) is 0.136. The molecule has 0 fully saturated rings. The standard InChI is InChI=1S/C22H16F2N4O3S/c23-11-1-3-12(4-2-11)28-9-14(21(30)31)20(29)13-7-15(24)18(8-17(13)28)27-6-5-16-19(10-27)32-22(25)26-16/h1-4,7-9H,5-6,10H2,(H2,25,26)(H,30,31). The lowest BCUT2D eigenvalue weighted by atomic mass is 10.1. The van der Waals surface area contributed by atoms with E-state index in [4.69, 9.17) is 5.73 Å². The lowest BCUT2D eigenvalue weighted by Gasteiger charge is -2.29. The zero-order valence-electron chi connectivity index (χ0n) is 16.5. The Morgan fingerprint density at radius 2 is 1.94 bits per heavy atom. The highest BCUT2D eigenvalue weighted by atomic mass is 32.1. The van der Waals surface area contributed by atoms with E-state index in [2.05, 4.69) is 4.98 Å². The zero-order chi connectivity index (χ0) is 22.6. The number of carboxylic acid groups (broad SMARTS) is 1. The molecule has 0 spiro atoms. The topological polar surface area (TPSA) is 101 Å². The molecule has 0 atom stereocenters. The summed E-state index contributed by atoms with van der Waals surface area (Å²) in [5, 5.41) is 9.86. The fourth-order valence-electron chi connectivity index (χ4n) is 3.97. The average Bonchev–Trinajstić information content (AvgIpc) is 3.13. The van der Waals surface area contributed by atoms with E-state index >= 15 is 4.39 Å². The van der Waals surface area contributed by atoms with E-state index in [0.717, 1.165) is 16.6 Å². The molecule has 3 heterocycles. The molecule has 0 saturated heterocycles. The summed E-state index contributed by atoms with van der Waals surface area (Å²) in [5.74, 6) is -2.52. The van der Waals surface area contributed by atoms with Gasteiger partial charge in [0.05, 0.1) is 23.4 Å². The summed E-state index contributed by atoms with van der Waals surface area (Å²) in [6.07, 6.45) is 1.78. The van der Waals surface area contributed by atoms with Gasteiger partial charge in [-0.3, -0.25) is 4.79 Å². The molecule has 0 bridgehead atoms. The molecule has 10 heteroatoms. The van der Waals surface area contributed by atoms with Crippen LogP contribution in [0.5, 0.6) is 0 Å². The Morgan fingerprint density at radius 3 is 2.66 bits per heavy atom. The highest BCUT2D eigenvalue weighted by Gasteiger charge is 2.24. The van der Waals surface area contributed by atoms with Gasteiger partial charge in [0.25, 0.3) is 0 Å². The maximum absolute atomic E-state index is 15.2. The number of thiazole rings is 1. The molecule has 0 unspecified atom stereocenters. The Hall–Kier alpha value is -3.79. The van der Waals surface area contributed by atoms with E-state index in [1.165, 1.54) is 52.4 Å². The number of rotatable bonds is 3. The van der Waals surface area contributed by atoms with E-state index in [1.807, 2.05) is 4.90 Å². The molecular formula is C22H16F2N4O3S. The maximum Gasteiger partial charge on any atom is 0.341 e. The smallest absolute Gasteiger partial charge is 0.341 e. The molecule has 2 aromatic carbocycles. The van der Waals surface area contributed by atoms with Gasteiger partial charge in [-0.2, -0.15) is 0 Å². The summed E-state index contributed by atoms with van der Waals surface area (Å²) in [7, 11) is 0. The fourth-order valence-corrected chi connectivity index (χ4v) is 4.86. The van der Waals surface area contributed by atoms with Crippen molar-refractivity contribution in [2.24, 2.45) is 0 Å². The molecule has 3 N–H and O–H groups in total. The number of hydrogen-bond acceptors (Lipinski definition) is 6. The minimum Gasteiger partial charge on any atom is -0.477 e. The van der Waals surface area contributed by atoms with Gasteiger partial charge in [0, 0.05) is 35.1 Å². The third-order valence-corrected chi connectivity index (χ3v) is 6.41. The Labute approximate surface area is 184 Å². The number of fused-ring (bicyclic) bond motifs is 2. The number of carbonyl (C=O) groups is 1. The first kappa shape index (κ1) is 20.1. The normalized spacial score (nSPS) is 13.4. The van der Waals surface area contributed by atoms with E-state index in [0.29, 0.717) is 35.8 Å². The highest BCUT2D eigenvalue weighted by Crippen LogP contribution is 2.33. The number of aromatic nitrogens is 2. The molecule has 1 aliphatic rings. The minimum atomic E-state index is -1.43. The number of nitrogens with zero attached hydrogens (tertiary/aromatic N) is 3. The van der Waals surface area contributed by atoms with Crippen molar-refractivity contribution in [2.45, 2.75) is 13.0 Å². The summed E-state index contributed by atoms with van der Waals surface area (Å²) in [5.41, 5.74) is 6.44. The van der Waals surface area contributed by atoms with Crippen molar-refractivity contribution >= 4 is 39.0 Å². The predicted molar refractivity (Wildman–Crippen MR) is 118 cm³/mol. The SMILES string of the molecule is Nc1nc2c(s1)CN(c1cc3c(cc1F)c(=O)c(C(=O)O)cn3-c1ccc(F)cc1)CC2. The molecule has 1 aliphatic heterocycles. The van der Waals surface area contributed by atoms with Crippen LogP contribution in [0.2, 0.25) is 0 Å². The van der Waals surface area contributed by atoms with Crippen LogP contribution in [0.1, 0.15) is 20.9 Å². The predicted octanol–water partition coefficient (Wildman–Crippen LogP) is 3.57. The van der Waals surface area contributed by atoms with Gasteiger partial charge >= 0.3 is 5.97 Å². The molecule has 5 rings (SSSR count). The van der Waals surface area contributed by atoms with Gasteiger partial charge in [-0.25, -0.2) is 18.6 Å². The Balaban J connectivity index is 1.72. The maximum atomic E-state index is 15.2. The van der Waals surface area contributed by atoms with Crippen LogP contribution < -0.4 is 16.1 Å². The highest BCUT2D eigenvalue weighted by molar-refractivity contribution is 7.15. The van der Waals surface area contributed by atoms with Gasteiger partial charge in [0.2, 0.25) is 5.43 Å². The molecule has 4 aromatic rings. The van der Waals surface area contributed by atoms with Crippen molar-refractivity contribution in [1.82, 2.24) is 9.55 Å². The summed E-state index contributed by atoms with van der Waals surface area (Å²) >= 11 is 1.35. The molecule has 32 heavy (non-hydrogen) atoms. The summed E-state index contributed by atoms with van der Waals surface area (Å²) in [6, 6.07) is 7.96.